The zero-order valence-electron chi connectivity index (χ0n) is 42.8. The molecular formula is C53H91N8O8+. The number of ether oxygens (including phenoxy) is 4. The number of hydrazine groups is 1. The molecule has 4 saturated carbocycles. The second-order valence-corrected chi connectivity index (χ2v) is 21.3. The van der Waals surface area contributed by atoms with E-state index in [0.29, 0.717) is 77.0 Å². The normalized spacial score (nSPS) is 29.6. The van der Waals surface area contributed by atoms with Crippen molar-refractivity contribution in [3.05, 3.63) is 47.3 Å². The lowest BCUT2D eigenvalue weighted by molar-refractivity contribution is -0.733. The van der Waals surface area contributed by atoms with Crippen molar-refractivity contribution in [2.45, 2.75) is 198 Å². The third-order valence-electron chi connectivity index (χ3n) is 15.8. The quantitative estimate of drug-likeness (QED) is 0.0261. The van der Waals surface area contributed by atoms with Gasteiger partial charge in [0.2, 0.25) is 17.9 Å². The number of hydrogen-bond acceptors (Lipinski definition) is 12. The molecule has 1 aromatic heterocycles. The number of rotatable bonds is 29. The van der Waals surface area contributed by atoms with Crippen LogP contribution in [0.25, 0.3) is 0 Å². The van der Waals surface area contributed by atoms with Gasteiger partial charge in [0, 0.05) is 88.6 Å². The van der Waals surface area contributed by atoms with E-state index < -0.39 is 6.23 Å². The van der Waals surface area contributed by atoms with Gasteiger partial charge in [0.1, 0.15) is 17.6 Å². The van der Waals surface area contributed by atoms with E-state index in [-0.39, 0.29) is 73.3 Å². The fraction of sp³-hybridized carbons (Fsp3) is 0.830. The second kappa shape index (κ2) is 29.3. The molecule has 1 aliphatic heterocycles. The van der Waals surface area contributed by atoms with Crippen LogP contribution in [0.3, 0.4) is 0 Å². The third kappa shape index (κ3) is 18.7. The van der Waals surface area contributed by atoms with Crippen LogP contribution in [0, 0.1) is 22.7 Å². The fourth-order valence-corrected chi connectivity index (χ4v) is 11.3. The largest absolute Gasteiger partial charge is 0.385 e. The number of likely N-dealkylation sites (tertiary alicyclic amines) is 1. The van der Waals surface area contributed by atoms with E-state index in [1.54, 1.807) is 11.2 Å². The van der Waals surface area contributed by atoms with Gasteiger partial charge >= 0.3 is 0 Å². The van der Waals surface area contributed by atoms with E-state index in [2.05, 4.69) is 59.7 Å². The molecule has 5 N–H and O–H groups in total. The Kier molecular flexibility index (Phi) is 23.4. The highest BCUT2D eigenvalue weighted by atomic mass is 16.5. The van der Waals surface area contributed by atoms with Gasteiger partial charge in [0.25, 0.3) is 0 Å². The Balaban J connectivity index is 0.824. The first-order valence-electron chi connectivity index (χ1n) is 27.1. The van der Waals surface area contributed by atoms with E-state index in [4.69, 9.17) is 18.9 Å². The summed E-state index contributed by atoms with van der Waals surface area (Å²) in [7, 11) is 1.89. The van der Waals surface area contributed by atoms with Crippen LogP contribution in [0.15, 0.2) is 36.8 Å². The summed E-state index contributed by atoms with van der Waals surface area (Å²) in [5, 5.41) is 25.8. The molecule has 16 heteroatoms. The van der Waals surface area contributed by atoms with Gasteiger partial charge in [-0.15, -0.1) is 5.01 Å². The lowest BCUT2D eigenvalue weighted by Gasteiger charge is -2.31. The number of aromatic nitrogens is 1. The number of pyridine rings is 1. The monoisotopic (exact) mass is 968 g/mol. The molecule has 1 saturated heterocycles. The molecule has 0 radical (unpaired) electrons. The number of amides is 2. The first-order valence-corrected chi connectivity index (χ1v) is 27.1. The zero-order valence-corrected chi connectivity index (χ0v) is 42.8. The molecule has 2 amide bonds. The number of nitrogens with zero attached hydrogens (tertiary/aromatic N) is 4. The van der Waals surface area contributed by atoms with Crippen LogP contribution >= 0.6 is 0 Å². The van der Waals surface area contributed by atoms with E-state index in [0.717, 1.165) is 99.4 Å². The van der Waals surface area contributed by atoms with E-state index in [1.807, 2.05) is 24.2 Å². The van der Waals surface area contributed by atoms with Gasteiger partial charge in [-0.1, -0.05) is 26.5 Å². The molecule has 2 unspecified atom stereocenters. The van der Waals surface area contributed by atoms with E-state index in [1.165, 1.54) is 25.7 Å². The summed E-state index contributed by atoms with van der Waals surface area (Å²) in [5.74, 6) is 1.67. The van der Waals surface area contributed by atoms with Gasteiger partial charge in [-0.05, 0) is 133 Å². The lowest BCUT2D eigenvalue weighted by Crippen LogP contribution is -2.50. The average molecular weight is 968 g/mol. The highest BCUT2D eigenvalue weighted by Gasteiger charge is 2.41. The highest BCUT2D eigenvalue weighted by Crippen LogP contribution is 2.38. The summed E-state index contributed by atoms with van der Waals surface area (Å²) in [6.07, 6.45) is 21.8. The van der Waals surface area contributed by atoms with Crippen molar-refractivity contribution in [1.82, 2.24) is 36.2 Å². The number of aliphatic hydroxyl groups is 1. The maximum Gasteiger partial charge on any atom is 0.245 e. The van der Waals surface area contributed by atoms with Gasteiger partial charge < -0.3 is 44.9 Å². The van der Waals surface area contributed by atoms with Crippen LogP contribution in [0.4, 0.5) is 0 Å². The fourth-order valence-electron chi connectivity index (χ4n) is 11.3. The zero-order chi connectivity index (χ0) is 49.0. The third-order valence-corrected chi connectivity index (χ3v) is 15.8. The minimum atomic E-state index is -0.638. The standard InChI is InChI=1S/C53H90N8O8/c1-38-10-18-45(19-11-38)67-31-27-55-40(3)36-60(37-51(63)57-29-33-69-46-20-12-39(2)13-21-46)61(65)44-16-14-43(15-17-44)58-50(62)9-7-30-66-47-22-24-48(25-23-47)68-32-28-56-41(4)49-34-52(64)59(5)53(49)42-8-6-26-54-35-42/h6,8,26,35,38-39,41,43-50,53,55-56,58,62H,3,7,9-25,27-34,36-37H2,1-2,4-5H3/p+1/t38?,39?,41?,43?,44?,45?,46?,47?,48?,49-,50?,53-/m1/s1. The Morgan fingerprint density at radius 1 is 0.812 bits per heavy atom. The smallest absolute Gasteiger partial charge is 0.245 e. The van der Waals surface area contributed by atoms with Crippen LogP contribution in [0.5, 0.6) is 0 Å². The molecule has 2 heterocycles. The van der Waals surface area contributed by atoms with Crippen molar-refractivity contribution in [2.24, 2.45) is 17.8 Å². The number of carbonyl (C=O) groups is 2. The first kappa shape index (κ1) is 55.1. The molecule has 16 nitrogen and oxygen atoms in total. The number of nitrogens with one attached hydrogen (secondary N) is 4. The Labute approximate surface area is 414 Å². The summed E-state index contributed by atoms with van der Waals surface area (Å²) < 4.78 is 24.7. The molecule has 69 heavy (non-hydrogen) atoms. The van der Waals surface area contributed by atoms with E-state index >= 15 is 0 Å². The average Bonchev–Trinajstić information content (AvgIpc) is 3.66. The molecule has 1 aromatic rings. The number of nitroso groups, excluding NO2 is 1. The molecule has 0 spiro atoms. The molecule has 5 fully saturated rings. The lowest BCUT2D eigenvalue weighted by atomic mass is 9.89. The summed E-state index contributed by atoms with van der Waals surface area (Å²) in [5.41, 5.74) is 1.76. The Morgan fingerprint density at radius 3 is 1.94 bits per heavy atom. The minimum absolute atomic E-state index is 0.0240. The van der Waals surface area contributed by atoms with E-state index in [9.17, 15) is 19.6 Å². The van der Waals surface area contributed by atoms with Gasteiger partial charge in [-0.25, -0.2) is 0 Å². The van der Waals surface area contributed by atoms with Crippen LogP contribution in [-0.2, 0) is 28.5 Å². The van der Waals surface area contributed by atoms with Crippen LogP contribution in [0.2, 0.25) is 0 Å². The molecule has 5 aliphatic rings. The number of aliphatic hydroxyl groups excluding tert-OH is 1. The molecule has 4 aliphatic carbocycles. The molecule has 390 valence electrons. The topological polar surface area (TPSA) is 179 Å². The maximum absolute atomic E-state index is 14.0. The van der Waals surface area contributed by atoms with Crippen molar-refractivity contribution in [2.75, 3.05) is 66.2 Å². The predicted octanol–water partition coefficient (Wildman–Crippen LogP) is 6.33. The van der Waals surface area contributed by atoms with Crippen molar-refractivity contribution < 1.29 is 38.5 Å². The summed E-state index contributed by atoms with van der Waals surface area (Å²) >= 11 is 0. The number of hydrogen-bond donors (Lipinski definition) is 5. The summed E-state index contributed by atoms with van der Waals surface area (Å²) in [6, 6.07) is 4.02. The summed E-state index contributed by atoms with van der Waals surface area (Å²) in [4.78, 5) is 46.9. The van der Waals surface area contributed by atoms with Crippen molar-refractivity contribution >= 4 is 11.8 Å². The van der Waals surface area contributed by atoms with Crippen molar-refractivity contribution in [3.63, 3.8) is 0 Å². The number of carbonyl (C=O) groups excluding carboxylic acids is 2. The summed E-state index contributed by atoms with van der Waals surface area (Å²) in [6.45, 7) is 15.2. The molecule has 4 atom stereocenters. The van der Waals surface area contributed by atoms with Crippen molar-refractivity contribution in [1.29, 1.82) is 0 Å². The maximum atomic E-state index is 14.0. The van der Waals surface area contributed by atoms with Crippen molar-refractivity contribution in [3.8, 4) is 0 Å². The van der Waals surface area contributed by atoms with Gasteiger partial charge in [-0.3, -0.25) is 19.9 Å². The highest BCUT2D eigenvalue weighted by molar-refractivity contribution is 5.79. The van der Waals surface area contributed by atoms with Gasteiger partial charge in [-0.2, -0.15) is 0 Å². The second-order valence-electron chi connectivity index (χ2n) is 21.3. The Bertz CT molecular complexity index is 1620. The molecular weight excluding hydrogens is 877 g/mol. The molecule has 0 bridgehead atoms. The first-order chi connectivity index (χ1) is 33.4. The molecule has 6 rings (SSSR count). The SMILES string of the molecule is C=C(CN(CC(=O)NCCOC1CCC(C)CC1)[N+](=O)C1CCC(NC(O)CCCOC2CCC(OCCNC(C)[C@H]3CC(=O)N(C)[C@@H]3c3cccnc3)CC2)CC1)NCCOC1CCC(C)CC1. The van der Waals surface area contributed by atoms with Crippen LogP contribution < -0.4 is 21.3 Å². The van der Waals surface area contributed by atoms with Gasteiger partial charge in [0.15, 0.2) is 6.54 Å². The minimum Gasteiger partial charge on any atom is -0.385 e. The Morgan fingerprint density at radius 2 is 1.36 bits per heavy atom. The van der Waals surface area contributed by atoms with Crippen LogP contribution in [-0.4, -0.2) is 152 Å². The Hall–Kier alpha value is -3.25. The molecule has 0 aromatic carbocycles. The predicted molar refractivity (Wildman–Crippen MR) is 268 cm³/mol. The van der Waals surface area contributed by atoms with Gasteiger partial charge in [0.05, 0.1) is 55.2 Å². The van der Waals surface area contributed by atoms with Crippen LogP contribution in [0.1, 0.15) is 154 Å².